The summed E-state index contributed by atoms with van der Waals surface area (Å²) in [5, 5.41) is 70.4. The molecule has 0 bridgehead atoms. The van der Waals surface area contributed by atoms with Crippen molar-refractivity contribution in [2.24, 2.45) is 0 Å². The lowest BCUT2D eigenvalue weighted by Gasteiger charge is -2.35. The summed E-state index contributed by atoms with van der Waals surface area (Å²) in [5.41, 5.74) is 0. The third-order valence-electron chi connectivity index (χ3n) is 8.25. The SMILES string of the molecule is O=S(=O)(O)CCNc1nc(Nc2ccc(Nc3nc(NCCSOOO)nc(N4CCN(CC(O)CO)CC4)n3)nn2)nc(N2CCN(CC(O)CO)CC2)n1. The smallest absolute Gasteiger partial charge is 0.266 e. The predicted molar refractivity (Wildman–Crippen MR) is 202 cm³/mol. The number of nitrogens with zero attached hydrogens (tertiary/aromatic N) is 12. The summed E-state index contributed by atoms with van der Waals surface area (Å²) < 4.78 is 36.1. The molecular weight excluding hydrogens is 785 g/mol. The number of hydrogen-bond donors (Lipinski definition) is 10. The number of aliphatic hydroxyl groups is 4. The van der Waals surface area contributed by atoms with E-state index in [2.05, 4.69) is 70.7 Å². The van der Waals surface area contributed by atoms with Crippen LogP contribution in [0.3, 0.4) is 0 Å². The molecule has 26 nitrogen and oxygen atoms in total. The van der Waals surface area contributed by atoms with E-state index in [-0.39, 0.29) is 55.3 Å². The first-order valence-corrected chi connectivity index (χ1v) is 20.0. The van der Waals surface area contributed by atoms with Crippen LogP contribution >= 0.6 is 12.0 Å². The first-order chi connectivity index (χ1) is 27.0. The Bertz CT molecular complexity index is 1760. The summed E-state index contributed by atoms with van der Waals surface area (Å²) in [6.45, 7) is 4.68. The van der Waals surface area contributed by atoms with Crippen molar-refractivity contribution in [1.82, 2.24) is 49.9 Å². The van der Waals surface area contributed by atoms with Crippen molar-refractivity contribution in [2.45, 2.75) is 12.2 Å². The fourth-order valence-electron chi connectivity index (χ4n) is 5.50. The van der Waals surface area contributed by atoms with Crippen molar-refractivity contribution in [3.63, 3.8) is 0 Å². The molecule has 2 unspecified atom stereocenters. The maximum Gasteiger partial charge on any atom is 0.266 e. The van der Waals surface area contributed by atoms with Crippen LogP contribution < -0.4 is 31.1 Å². The summed E-state index contributed by atoms with van der Waals surface area (Å²) >= 11 is 0.870. The summed E-state index contributed by atoms with van der Waals surface area (Å²) in [4.78, 5) is 34.8. The highest BCUT2D eigenvalue weighted by Crippen LogP contribution is 2.21. The molecule has 56 heavy (non-hydrogen) atoms. The standard InChI is InChI=1S/C28H46N16O10S2/c45-17-19(47)15-41-5-9-43(10-6-41)27-35-23(29-3-13-55-54-53-49)33-25(37-27)31-21-1-2-22(40-39-21)32-26-34-24(30-4-14-56(50,51)52)36-28(38-26)44-11-7-42(8-12-44)16-20(48)18-46/h1-2,19-20,45-49H,3-18H2,(H,50,51,52)(H2,29,31,33,35,37,39)(H2,30,32,34,36,38,40). The highest BCUT2D eigenvalue weighted by molar-refractivity contribution is 7.94. The molecule has 0 aromatic carbocycles. The number of hydrogen-bond acceptors (Lipinski definition) is 26. The molecule has 5 heterocycles. The number of rotatable bonds is 22. The first kappa shape index (κ1) is 42.9. The van der Waals surface area contributed by atoms with Crippen LogP contribution in [0.25, 0.3) is 0 Å². The largest absolute Gasteiger partial charge is 0.394 e. The van der Waals surface area contributed by atoms with Crippen LogP contribution in [0.5, 0.6) is 0 Å². The molecule has 2 saturated heterocycles. The molecule has 3 aromatic heterocycles. The van der Waals surface area contributed by atoms with E-state index >= 15 is 0 Å². The molecule has 0 aliphatic carbocycles. The Labute approximate surface area is 325 Å². The van der Waals surface area contributed by atoms with Gasteiger partial charge in [0.2, 0.25) is 35.7 Å². The van der Waals surface area contributed by atoms with E-state index in [9.17, 15) is 28.8 Å². The molecule has 2 atom stereocenters. The Hall–Kier alpha value is -4.20. The van der Waals surface area contributed by atoms with Crippen molar-refractivity contribution in [2.75, 3.05) is 134 Å². The molecule has 28 heteroatoms. The zero-order valence-electron chi connectivity index (χ0n) is 30.1. The van der Waals surface area contributed by atoms with Crippen molar-refractivity contribution in [1.29, 1.82) is 0 Å². The van der Waals surface area contributed by atoms with Gasteiger partial charge in [-0.05, 0) is 12.1 Å². The van der Waals surface area contributed by atoms with E-state index in [0.717, 1.165) is 12.0 Å². The highest BCUT2D eigenvalue weighted by Gasteiger charge is 2.24. The normalized spacial score (nSPS) is 16.8. The van der Waals surface area contributed by atoms with Gasteiger partial charge < -0.3 is 51.5 Å². The number of nitrogens with one attached hydrogen (secondary N) is 4. The number of aliphatic hydroxyl groups excluding tert-OH is 4. The Kier molecular flexibility index (Phi) is 16.4. The second kappa shape index (κ2) is 21.4. The molecule has 0 spiro atoms. The fourth-order valence-corrected chi connectivity index (χ4v) is 6.16. The molecule has 0 radical (unpaired) electrons. The molecule has 0 amide bonds. The molecule has 2 fully saturated rings. The quantitative estimate of drug-likeness (QED) is 0.0159. The Morgan fingerprint density at radius 2 is 1.14 bits per heavy atom. The lowest BCUT2D eigenvalue weighted by Crippen LogP contribution is -2.49. The van der Waals surface area contributed by atoms with Crippen molar-refractivity contribution >= 4 is 69.5 Å². The predicted octanol–water partition coefficient (Wildman–Crippen LogP) is -2.93. The van der Waals surface area contributed by atoms with Gasteiger partial charge in [-0.2, -0.15) is 38.3 Å². The lowest BCUT2D eigenvalue weighted by molar-refractivity contribution is -0.432. The minimum atomic E-state index is -4.23. The van der Waals surface area contributed by atoms with E-state index in [1.54, 1.807) is 12.1 Å². The zero-order valence-corrected chi connectivity index (χ0v) is 31.8. The molecule has 10 N–H and O–H groups in total. The summed E-state index contributed by atoms with van der Waals surface area (Å²) in [6, 6.07) is 3.23. The fraction of sp³-hybridized carbons (Fsp3) is 0.643. The number of aromatic nitrogens is 8. The average molecular weight is 831 g/mol. The molecule has 3 aromatic rings. The van der Waals surface area contributed by atoms with Gasteiger partial charge in [-0.25, -0.2) is 5.26 Å². The summed E-state index contributed by atoms with van der Waals surface area (Å²) in [7, 11) is -4.23. The number of anilines is 8. The maximum absolute atomic E-state index is 11.3. The van der Waals surface area contributed by atoms with Gasteiger partial charge in [0.15, 0.2) is 11.6 Å². The number of β-amino-alcohol motifs (C(OH)–C–C–N with tert-alkyl or cyclic N) is 2. The molecule has 0 saturated carbocycles. The van der Waals surface area contributed by atoms with E-state index in [1.165, 1.54) is 0 Å². The van der Waals surface area contributed by atoms with Crippen LogP contribution in [0.1, 0.15) is 0 Å². The van der Waals surface area contributed by atoms with Gasteiger partial charge in [0.05, 0.1) is 31.2 Å². The minimum absolute atomic E-state index is 0.0533. The zero-order chi connectivity index (χ0) is 39.9. The highest BCUT2D eigenvalue weighted by atomic mass is 32.2. The molecular formula is C28H46N16O10S2. The van der Waals surface area contributed by atoms with Gasteiger partial charge >= 0.3 is 0 Å². The van der Waals surface area contributed by atoms with Gasteiger partial charge in [0.1, 0.15) is 0 Å². The van der Waals surface area contributed by atoms with Crippen LogP contribution in [-0.2, 0) is 19.5 Å². The summed E-state index contributed by atoms with van der Waals surface area (Å²) in [6.07, 6.45) is -1.68. The third-order valence-corrected chi connectivity index (χ3v) is 9.50. The third kappa shape index (κ3) is 14.1. The van der Waals surface area contributed by atoms with E-state index in [1.807, 2.05) is 19.6 Å². The van der Waals surface area contributed by atoms with E-state index in [4.69, 9.17) is 9.81 Å². The maximum atomic E-state index is 11.3. The summed E-state index contributed by atoms with van der Waals surface area (Å²) in [5.74, 6) is 1.60. The van der Waals surface area contributed by atoms with Gasteiger partial charge in [0.25, 0.3) is 10.1 Å². The van der Waals surface area contributed by atoms with Crippen molar-refractivity contribution in [3.8, 4) is 0 Å². The van der Waals surface area contributed by atoms with Gasteiger partial charge in [-0.1, -0.05) is 5.04 Å². The van der Waals surface area contributed by atoms with Crippen LogP contribution in [0.15, 0.2) is 12.1 Å². The molecule has 310 valence electrons. The van der Waals surface area contributed by atoms with Crippen molar-refractivity contribution in [3.05, 3.63) is 12.1 Å². The van der Waals surface area contributed by atoms with Crippen LogP contribution in [-0.4, -0.2) is 204 Å². The van der Waals surface area contributed by atoms with Gasteiger partial charge in [-0.15, -0.1) is 14.5 Å². The van der Waals surface area contributed by atoms with Gasteiger partial charge in [0, 0.05) is 96.3 Å². The van der Waals surface area contributed by atoms with Crippen LogP contribution in [0, 0.1) is 0 Å². The van der Waals surface area contributed by atoms with E-state index < -0.39 is 28.1 Å². The first-order valence-electron chi connectivity index (χ1n) is 17.4. The monoisotopic (exact) mass is 830 g/mol. The molecule has 2 aliphatic rings. The Morgan fingerprint density at radius 1 is 0.696 bits per heavy atom. The average Bonchev–Trinajstić information content (AvgIpc) is 3.18. The number of piperazine rings is 2. The molecule has 2 aliphatic heterocycles. The van der Waals surface area contributed by atoms with E-state index in [0.29, 0.717) is 89.5 Å². The van der Waals surface area contributed by atoms with Crippen LogP contribution in [0.2, 0.25) is 0 Å². The second-order valence-electron chi connectivity index (χ2n) is 12.5. The topological polar surface area (TPSA) is 338 Å². The minimum Gasteiger partial charge on any atom is -0.394 e. The second-order valence-corrected chi connectivity index (χ2v) is 14.8. The molecule has 5 rings (SSSR count). The van der Waals surface area contributed by atoms with Crippen LogP contribution in [0.4, 0.5) is 47.3 Å². The lowest BCUT2D eigenvalue weighted by atomic mass is 10.3. The van der Waals surface area contributed by atoms with Crippen molar-refractivity contribution < 1.29 is 48.0 Å². The Morgan fingerprint density at radius 3 is 1.55 bits per heavy atom. The Balaban J connectivity index is 1.27. The van der Waals surface area contributed by atoms with Gasteiger partial charge in [-0.3, -0.25) is 14.4 Å².